The van der Waals surface area contributed by atoms with Crippen molar-refractivity contribution in [3.63, 3.8) is 0 Å². The van der Waals surface area contributed by atoms with Gasteiger partial charge in [0.2, 0.25) is 0 Å². The molecule has 0 amide bonds. The summed E-state index contributed by atoms with van der Waals surface area (Å²) >= 11 is 0. The minimum atomic E-state index is -0.663. The van der Waals surface area contributed by atoms with Crippen LogP contribution in [0.1, 0.15) is 17.2 Å². The fraction of sp³-hybridized carbons (Fsp3) is 0.143. The van der Waals surface area contributed by atoms with E-state index in [0.717, 1.165) is 11.1 Å². The molecule has 1 atom stereocenters. The molecule has 0 unspecified atom stereocenters. The van der Waals surface area contributed by atoms with Crippen molar-refractivity contribution < 1.29 is 9.84 Å². The highest BCUT2D eigenvalue weighted by Crippen LogP contribution is 2.28. The summed E-state index contributed by atoms with van der Waals surface area (Å²) in [5.41, 5.74) is 7.94. The largest absolute Gasteiger partial charge is 0.495 e. The smallest absolute Gasteiger partial charge is 0.141 e. The Hall–Kier alpha value is -2.00. The number of hydrogen-bond acceptors (Lipinski definition) is 3. The molecule has 88 valence electrons. The van der Waals surface area contributed by atoms with Crippen molar-refractivity contribution >= 4 is 5.69 Å². The first-order valence-electron chi connectivity index (χ1n) is 5.39. The minimum absolute atomic E-state index is 0.528. The summed E-state index contributed by atoms with van der Waals surface area (Å²) in [4.78, 5) is 0. The Balaban J connectivity index is 2.32. The van der Waals surface area contributed by atoms with Crippen LogP contribution in [0.5, 0.6) is 5.75 Å². The lowest BCUT2D eigenvalue weighted by molar-refractivity contribution is 0.220. The molecule has 0 aromatic heterocycles. The van der Waals surface area contributed by atoms with E-state index in [1.54, 1.807) is 19.2 Å². The van der Waals surface area contributed by atoms with Crippen LogP contribution in [-0.2, 0) is 0 Å². The van der Waals surface area contributed by atoms with Gasteiger partial charge in [-0.25, -0.2) is 0 Å². The summed E-state index contributed by atoms with van der Waals surface area (Å²) in [6.07, 6.45) is -0.663. The number of hydrogen-bond donors (Lipinski definition) is 2. The number of aliphatic hydroxyl groups is 1. The zero-order valence-electron chi connectivity index (χ0n) is 9.63. The highest BCUT2D eigenvalue weighted by molar-refractivity contribution is 5.55. The topological polar surface area (TPSA) is 55.5 Å². The van der Waals surface area contributed by atoms with Crippen LogP contribution in [0.3, 0.4) is 0 Å². The summed E-state index contributed by atoms with van der Waals surface area (Å²) in [5.74, 6) is 0.619. The van der Waals surface area contributed by atoms with Gasteiger partial charge >= 0.3 is 0 Å². The molecule has 0 bridgehead atoms. The van der Waals surface area contributed by atoms with Crippen molar-refractivity contribution in [3.05, 3.63) is 59.7 Å². The van der Waals surface area contributed by atoms with E-state index in [4.69, 9.17) is 10.5 Å². The molecule has 3 N–H and O–H groups in total. The monoisotopic (exact) mass is 229 g/mol. The van der Waals surface area contributed by atoms with Gasteiger partial charge < -0.3 is 15.6 Å². The third-order valence-corrected chi connectivity index (χ3v) is 2.68. The Morgan fingerprint density at radius 1 is 1.06 bits per heavy atom. The number of rotatable bonds is 3. The first kappa shape index (κ1) is 11.5. The number of ether oxygens (including phenoxy) is 1. The average Bonchev–Trinajstić information content (AvgIpc) is 2.39. The maximum atomic E-state index is 10.2. The molecule has 2 aromatic rings. The normalized spacial score (nSPS) is 12.1. The van der Waals surface area contributed by atoms with Gasteiger partial charge in [-0.1, -0.05) is 36.4 Å². The van der Waals surface area contributed by atoms with Crippen molar-refractivity contribution in [2.45, 2.75) is 6.10 Å². The summed E-state index contributed by atoms with van der Waals surface area (Å²) in [5, 5.41) is 10.2. The fourth-order valence-electron chi connectivity index (χ4n) is 1.75. The van der Waals surface area contributed by atoms with E-state index in [1.165, 1.54) is 0 Å². The third kappa shape index (κ3) is 2.40. The average molecular weight is 229 g/mol. The van der Waals surface area contributed by atoms with Gasteiger partial charge in [0.05, 0.1) is 12.8 Å². The summed E-state index contributed by atoms with van der Waals surface area (Å²) in [6.45, 7) is 0. The first-order valence-corrected chi connectivity index (χ1v) is 5.39. The number of aliphatic hydroxyl groups excluding tert-OH is 1. The molecule has 0 saturated heterocycles. The highest BCUT2D eigenvalue weighted by Gasteiger charge is 2.11. The third-order valence-electron chi connectivity index (χ3n) is 2.68. The van der Waals surface area contributed by atoms with E-state index in [1.807, 2.05) is 36.4 Å². The highest BCUT2D eigenvalue weighted by atomic mass is 16.5. The van der Waals surface area contributed by atoms with E-state index in [9.17, 15) is 5.11 Å². The zero-order chi connectivity index (χ0) is 12.3. The summed E-state index contributed by atoms with van der Waals surface area (Å²) in [7, 11) is 1.57. The lowest BCUT2D eigenvalue weighted by Gasteiger charge is -2.13. The molecule has 3 nitrogen and oxygen atoms in total. The number of nitrogen functional groups attached to an aromatic ring is 1. The Morgan fingerprint density at radius 3 is 2.35 bits per heavy atom. The summed E-state index contributed by atoms with van der Waals surface area (Å²) in [6, 6.07) is 14.8. The Labute approximate surface area is 100 Å². The maximum absolute atomic E-state index is 10.2. The lowest BCUT2D eigenvalue weighted by atomic mass is 10.0. The second kappa shape index (κ2) is 4.89. The number of anilines is 1. The zero-order valence-corrected chi connectivity index (χ0v) is 9.63. The molecule has 0 aliphatic rings. The van der Waals surface area contributed by atoms with Crippen LogP contribution < -0.4 is 10.5 Å². The quantitative estimate of drug-likeness (QED) is 0.794. The molecule has 2 aromatic carbocycles. The van der Waals surface area contributed by atoms with E-state index in [0.29, 0.717) is 11.4 Å². The Morgan fingerprint density at radius 2 is 1.76 bits per heavy atom. The van der Waals surface area contributed by atoms with Gasteiger partial charge in [0, 0.05) is 0 Å². The van der Waals surface area contributed by atoms with Crippen molar-refractivity contribution in [1.82, 2.24) is 0 Å². The van der Waals surface area contributed by atoms with E-state index >= 15 is 0 Å². The number of benzene rings is 2. The molecule has 0 aliphatic carbocycles. The molecule has 0 aliphatic heterocycles. The molecule has 3 heteroatoms. The minimum Gasteiger partial charge on any atom is -0.495 e. The summed E-state index contributed by atoms with van der Waals surface area (Å²) < 4.78 is 5.08. The molecule has 0 radical (unpaired) electrons. The molecule has 0 heterocycles. The van der Waals surface area contributed by atoms with Crippen LogP contribution in [0.4, 0.5) is 5.69 Å². The number of nitrogens with two attached hydrogens (primary N) is 1. The predicted octanol–water partition coefficient (Wildman–Crippen LogP) is 2.36. The van der Waals surface area contributed by atoms with Crippen molar-refractivity contribution in [3.8, 4) is 5.75 Å². The fourth-order valence-corrected chi connectivity index (χ4v) is 1.75. The second-order valence-corrected chi connectivity index (χ2v) is 3.81. The van der Waals surface area contributed by atoms with Gasteiger partial charge in [-0.15, -0.1) is 0 Å². The van der Waals surface area contributed by atoms with Crippen LogP contribution >= 0.6 is 0 Å². The van der Waals surface area contributed by atoms with Gasteiger partial charge in [-0.3, -0.25) is 0 Å². The van der Waals surface area contributed by atoms with Crippen molar-refractivity contribution in [2.75, 3.05) is 12.8 Å². The molecular formula is C14H15NO2. The molecule has 17 heavy (non-hydrogen) atoms. The SMILES string of the molecule is COc1ccc([C@H](O)c2ccccc2)cc1N. The van der Waals surface area contributed by atoms with Crippen LogP contribution in [0.2, 0.25) is 0 Å². The Bertz CT molecular complexity index is 497. The van der Waals surface area contributed by atoms with E-state index < -0.39 is 6.10 Å². The van der Waals surface area contributed by atoms with E-state index in [2.05, 4.69) is 0 Å². The lowest BCUT2D eigenvalue weighted by Crippen LogP contribution is -2.01. The van der Waals surface area contributed by atoms with Gasteiger partial charge in [-0.2, -0.15) is 0 Å². The molecule has 0 fully saturated rings. The van der Waals surface area contributed by atoms with Crippen molar-refractivity contribution in [2.24, 2.45) is 0 Å². The molecule has 2 rings (SSSR count). The first-order chi connectivity index (χ1) is 8.22. The molecule has 0 spiro atoms. The van der Waals surface area contributed by atoms with Crippen molar-refractivity contribution in [1.29, 1.82) is 0 Å². The predicted molar refractivity (Wildman–Crippen MR) is 67.9 cm³/mol. The van der Waals surface area contributed by atoms with Gasteiger partial charge in [0.1, 0.15) is 11.9 Å². The second-order valence-electron chi connectivity index (χ2n) is 3.81. The van der Waals surface area contributed by atoms with E-state index in [-0.39, 0.29) is 0 Å². The Kier molecular flexibility index (Phi) is 3.30. The van der Waals surface area contributed by atoms with Gasteiger partial charge in [0.15, 0.2) is 0 Å². The molecule has 0 saturated carbocycles. The van der Waals surface area contributed by atoms with Gasteiger partial charge in [-0.05, 0) is 23.3 Å². The van der Waals surface area contributed by atoms with Crippen LogP contribution in [0, 0.1) is 0 Å². The van der Waals surface area contributed by atoms with Crippen LogP contribution in [-0.4, -0.2) is 12.2 Å². The number of methoxy groups -OCH3 is 1. The molecular weight excluding hydrogens is 214 g/mol. The van der Waals surface area contributed by atoms with Crippen LogP contribution in [0.15, 0.2) is 48.5 Å². The standard InChI is InChI=1S/C14H15NO2/c1-17-13-8-7-11(9-12(13)15)14(16)10-5-3-2-4-6-10/h2-9,14,16H,15H2,1H3/t14-/m1/s1. The maximum Gasteiger partial charge on any atom is 0.141 e. The van der Waals surface area contributed by atoms with Gasteiger partial charge in [0.25, 0.3) is 0 Å². The van der Waals surface area contributed by atoms with Crippen LogP contribution in [0.25, 0.3) is 0 Å².